The Balaban J connectivity index is 2.04. The van der Waals surface area contributed by atoms with Gasteiger partial charge in [-0.2, -0.15) is 0 Å². The molecule has 0 aliphatic heterocycles. The van der Waals surface area contributed by atoms with Gasteiger partial charge in [0.05, 0.1) is 8.80 Å². The fraction of sp³-hybridized carbons (Fsp3) is 0.647. The van der Waals surface area contributed by atoms with Gasteiger partial charge in [-0.3, -0.25) is 0 Å². The molecule has 0 nitrogen and oxygen atoms in total. The Labute approximate surface area is 126 Å². The lowest BCUT2D eigenvalue weighted by Gasteiger charge is -2.10. The topological polar surface area (TPSA) is 0 Å². The maximum absolute atomic E-state index is 5.93. The van der Waals surface area contributed by atoms with Gasteiger partial charge in [-0.15, -0.1) is 0 Å². The van der Waals surface area contributed by atoms with E-state index in [9.17, 15) is 0 Å². The van der Waals surface area contributed by atoms with Crippen LogP contribution in [0.1, 0.15) is 58.3 Å². The molecular weight excluding hydrogens is 268 g/mol. The number of benzene rings is 1. The van der Waals surface area contributed by atoms with E-state index in [2.05, 4.69) is 25.6 Å². The molecule has 1 aromatic carbocycles. The van der Waals surface area contributed by atoms with Crippen LogP contribution in [0, 0.1) is 0 Å². The lowest BCUT2D eigenvalue weighted by molar-refractivity contribution is 0.584. The molecule has 0 aliphatic carbocycles. The summed E-state index contributed by atoms with van der Waals surface area (Å²) in [6, 6.07) is 9.97. The van der Waals surface area contributed by atoms with Crippen LogP contribution in [0.15, 0.2) is 24.3 Å². The molecule has 0 amide bonds. The lowest BCUT2D eigenvalue weighted by Crippen LogP contribution is -2.25. The molecule has 0 aromatic heterocycles. The number of hydrogen-bond acceptors (Lipinski definition) is 0. The average Bonchev–Trinajstić information content (AvgIpc) is 2.42. The summed E-state index contributed by atoms with van der Waals surface area (Å²) in [5, 5.41) is 2.42. The lowest BCUT2D eigenvalue weighted by atomic mass is 10.1. The Morgan fingerprint density at radius 1 is 0.842 bits per heavy atom. The van der Waals surface area contributed by atoms with E-state index < -0.39 is 8.80 Å². The van der Waals surface area contributed by atoms with Crippen LogP contribution in [0.3, 0.4) is 0 Å². The van der Waals surface area contributed by atoms with Crippen LogP contribution in [0.2, 0.25) is 17.6 Å². The summed E-state index contributed by atoms with van der Waals surface area (Å²) in [5.41, 5.74) is 0. The highest BCUT2D eigenvalue weighted by molar-refractivity contribution is 6.72. The molecule has 1 aromatic rings. The zero-order valence-electron chi connectivity index (χ0n) is 12.6. The van der Waals surface area contributed by atoms with E-state index in [1.165, 1.54) is 57.4 Å². The summed E-state index contributed by atoms with van der Waals surface area (Å²) in [6.45, 7) is 4.74. The van der Waals surface area contributed by atoms with Crippen molar-refractivity contribution in [1.82, 2.24) is 0 Å². The molecule has 0 aliphatic rings. The minimum Gasteiger partial charge on any atom is -0.0843 e. The first-order chi connectivity index (χ1) is 9.24. The first-order valence-corrected chi connectivity index (χ1v) is 10.9. The highest BCUT2D eigenvalue weighted by Crippen LogP contribution is 2.12. The van der Waals surface area contributed by atoms with Gasteiger partial charge in [0.1, 0.15) is 0 Å². The van der Waals surface area contributed by atoms with Crippen molar-refractivity contribution in [2.24, 2.45) is 0 Å². The molecule has 0 spiro atoms. The Kier molecular flexibility index (Phi) is 9.28. The van der Waals surface area contributed by atoms with Gasteiger partial charge < -0.3 is 0 Å². The standard InChI is InChI=1S/C17H29ClSi/c1-3-4-5-6-7-8-9-10-15-19(2)17-13-11-16(18)12-14-17/h11-14,19H,3-10,15H2,1-2H3. The number of unbranched alkanes of at least 4 members (excludes halogenated alkanes) is 7. The molecule has 1 rings (SSSR count). The largest absolute Gasteiger partial charge is 0.0843 e. The third-order valence-electron chi connectivity index (χ3n) is 3.93. The predicted octanol–water partition coefficient (Wildman–Crippen LogP) is 5.54. The Morgan fingerprint density at radius 3 is 1.95 bits per heavy atom. The smallest absolute Gasteiger partial charge is 0.0677 e. The Hall–Kier alpha value is -0.273. The van der Waals surface area contributed by atoms with Crippen molar-refractivity contribution in [3.8, 4) is 0 Å². The summed E-state index contributed by atoms with van der Waals surface area (Å²) >= 11 is 5.93. The summed E-state index contributed by atoms with van der Waals surface area (Å²) in [6.07, 6.45) is 11.4. The van der Waals surface area contributed by atoms with E-state index in [1.54, 1.807) is 5.19 Å². The van der Waals surface area contributed by atoms with Crippen molar-refractivity contribution < 1.29 is 0 Å². The first-order valence-electron chi connectivity index (χ1n) is 7.99. The predicted molar refractivity (Wildman–Crippen MR) is 91.5 cm³/mol. The van der Waals surface area contributed by atoms with Crippen molar-refractivity contribution in [2.45, 2.75) is 70.9 Å². The molecular formula is C17H29ClSi. The van der Waals surface area contributed by atoms with Gasteiger partial charge in [0.25, 0.3) is 0 Å². The van der Waals surface area contributed by atoms with E-state index in [-0.39, 0.29) is 0 Å². The van der Waals surface area contributed by atoms with E-state index in [4.69, 9.17) is 11.6 Å². The van der Waals surface area contributed by atoms with Crippen molar-refractivity contribution in [1.29, 1.82) is 0 Å². The molecule has 1 atom stereocenters. The maximum atomic E-state index is 5.93. The SMILES string of the molecule is CCCCCCCCCC[SiH](C)c1ccc(Cl)cc1. The van der Waals surface area contributed by atoms with Gasteiger partial charge in [-0.05, 0) is 12.1 Å². The molecule has 0 fully saturated rings. The summed E-state index contributed by atoms with van der Waals surface area (Å²) in [7, 11) is -0.710. The summed E-state index contributed by atoms with van der Waals surface area (Å²) in [5.74, 6) is 0. The monoisotopic (exact) mass is 296 g/mol. The highest BCUT2D eigenvalue weighted by Gasteiger charge is 2.06. The van der Waals surface area contributed by atoms with Gasteiger partial charge in [0, 0.05) is 5.02 Å². The highest BCUT2D eigenvalue weighted by atomic mass is 35.5. The van der Waals surface area contributed by atoms with E-state index in [1.807, 2.05) is 12.1 Å². The first kappa shape index (κ1) is 16.8. The molecule has 0 radical (unpaired) electrons. The zero-order chi connectivity index (χ0) is 13.9. The number of rotatable bonds is 10. The molecule has 0 bridgehead atoms. The van der Waals surface area contributed by atoms with Crippen LogP contribution >= 0.6 is 11.6 Å². The third-order valence-corrected chi connectivity index (χ3v) is 6.98. The third kappa shape index (κ3) is 7.79. The van der Waals surface area contributed by atoms with Crippen molar-refractivity contribution in [2.75, 3.05) is 0 Å². The molecule has 1 unspecified atom stereocenters. The molecule has 0 N–H and O–H groups in total. The second-order valence-electron chi connectivity index (χ2n) is 5.72. The molecule has 2 heteroatoms. The van der Waals surface area contributed by atoms with Crippen LogP contribution in [-0.2, 0) is 0 Å². The Bertz CT molecular complexity index is 321. The van der Waals surface area contributed by atoms with Crippen LogP contribution in [-0.4, -0.2) is 8.80 Å². The quantitative estimate of drug-likeness (QED) is 0.392. The van der Waals surface area contributed by atoms with Gasteiger partial charge in [-0.25, -0.2) is 0 Å². The minimum atomic E-state index is -0.710. The van der Waals surface area contributed by atoms with Crippen molar-refractivity contribution in [3.63, 3.8) is 0 Å². The molecule has 108 valence electrons. The average molecular weight is 297 g/mol. The summed E-state index contributed by atoms with van der Waals surface area (Å²) < 4.78 is 0. The molecule has 0 saturated heterocycles. The van der Waals surface area contributed by atoms with Crippen LogP contribution in [0.5, 0.6) is 0 Å². The van der Waals surface area contributed by atoms with Crippen LogP contribution < -0.4 is 5.19 Å². The second-order valence-corrected chi connectivity index (χ2v) is 9.20. The Morgan fingerprint density at radius 2 is 1.37 bits per heavy atom. The van der Waals surface area contributed by atoms with Crippen molar-refractivity contribution >= 4 is 25.6 Å². The van der Waals surface area contributed by atoms with E-state index >= 15 is 0 Å². The van der Waals surface area contributed by atoms with Crippen LogP contribution in [0.25, 0.3) is 0 Å². The van der Waals surface area contributed by atoms with E-state index in [0.717, 1.165) is 5.02 Å². The van der Waals surface area contributed by atoms with Gasteiger partial charge in [-0.1, -0.05) is 99.8 Å². The summed E-state index contributed by atoms with van der Waals surface area (Å²) in [4.78, 5) is 0. The molecule has 19 heavy (non-hydrogen) atoms. The normalized spacial score (nSPS) is 12.6. The fourth-order valence-electron chi connectivity index (χ4n) is 2.54. The van der Waals surface area contributed by atoms with Gasteiger partial charge in [0.15, 0.2) is 0 Å². The molecule has 0 saturated carbocycles. The van der Waals surface area contributed by atoms with Gasteiger partial charge in [0.2, 0.25) is 0 Å². The van der Waals surface area contributed by atoms with Crippen molar-refractivity contribution in [3.05, 3.63) is 29.3 Å². The fourth-order valence-corrected chi connectivity index (χ4v) is 4.75. The molecule has 0 heterocycles. The van der Waals surface area contributed by atoms with Gasteiger partial charge >= 0.3 is 0 Å². The van der Waals surface area contributed by atoms with E-state index in [0.29, 0.717) is 0 Å². The van der Waals surface area contributed by atoms with Crippen LogP contribution in [0.4, 0.5) is 0 Å². The number of halogens is 1. The second kappa shape index (κ2) is 10.5. The number of hydrogen-bond donors (Lipinski definition) is 0. The maximum Gasteiger partial charge on any atom is 0.0677 e. The zero-order valence-corrected chi connectivity index (χ0v) is 14.5. The minimum absolute atomic E-state index is 0.710.